The number of rotatable bonds is 5. The molecule has 0 heterocycles. The highest BCUT2D eigenvalue weighted by Crippen LogP contribution is 2.13. The summed E-state index contributed by atoms with van der Waals surface area (Å²) in [4.78, 5) is 23.6. The molecule has 0 aromatic heterocycles. The van der Waals surface area contributed by atoms with Crippen LogP contribution in [-0.2, 0) is 11.3 Å². The highest BCUT2D eigenvalue weighted by molar-refractivity contribution is 5.93. The van der Waals surface area contributed by atoms with E-state index in [9.17, 15) is 14.0 Å². The van der Waals surface area contributed by atoms with Crippen molar-refractivity contribution in [3.63, 3.8) is 0 Å². The van der Waals surface area contributed by atoms with Gasteiger partial charge < -0.3 is 15.4 Å². The van der Waals surface area contributed by atoms with Crippen LogP contribution in [0, 0.1) is 12.7 Å². The monoisotopic (exact) mass is 330 g/mol. The molecule has 5 nitrogen and oxygen atoms in total. The summed E-state index contributed by atoms with van der Waals surface area (Å²) >= 11 is 0. The summed E-state index contributed by atoms with van der Waals surface area (Å²) in [6.45, 7) is 4.05. The maximum atomic E-state index is 13.2. The van der Waals surface area contributed by atoms with E-state index >= 15 is 0 Å². The van der Waals surface area contributed by atoms with Gasteiger partial charge in [0.25, 0.3) is 0 Å². The van der Waals surface area contributed by atoms with Crippen LogP contribution in [0.15, 0.2) is 42.5 Å². The lowest BCUT2D eigenvalue weighted by Crippen LogP contribution is -2.28. The number of hydrogen-bond donors (Lipinski definition) is 2. The molecule has 0 bridgehead atoms. The predicted molar refractivity (Wildman–Crippen MR) is 89.4 cm³/mol. The Morgan fingerprint density at radius 1 is 1.17 bits per heavy atom. The molecule has 0 saturated carbocycles. The van der Waals surface area contributed by atoms with Gasteiger partial charge in [0.15, 0.2) is 0 Å². The van der Waals surface area contributed by atoms with Gasteiger partial charge in [-0.2, -0.15) is 0 Å². The van der Waals surface area contributed by atoms with Crippen molar-refractivity contribution in [2.75, 3.05) is 11.9 Å². The van der Waals surface area contributed by atoms with Gasteiger partial charge in [-0.25, -0.2) is 14.0 Å². The Hall–Kier alpha value is -2.89. The predicted octanol–water partition coefficient (Wildman–Crippen LogP) is 3.63. The number of benzene rings is 2. The lowest BCUT2D eigenvalue weighted by molar-refractivity contribution is 0.0526. The zero-order valence-corrected chi connectivity index (χ0v) is 13.6. The number of esters is 1. The lowest BCUT2D eigenvalue weighted by atomic mass is 10.1. The van der Waals surface area contributed by atoms with Crippen molar-refractivity contribution in [1.29, 1.82) is 0 Å². The summed E-state index contributed by atoms with van der Waals surface area (Å²) in [5, 5.41) is 5.29. The van der Waals surface area contributed by atoms with Gasteiger partial charge >= 0.3 is 12.0 Å². The Bertz CT molecular complexity index is 747. The van der Waals surface area contributed by atoms with Crippen LogP contribution in [0.1, 0.15) is 28.4 Å². The first-order chi connectivity index (χ1) is 11.5. The molecule has 0 aliphatic heterocycles. The first kappa shape index (κ1) is 17.5. The van der Waals surface area contributed by atoms with Crippen molar-refractivity contribution in [2.45, 2.75) is 20.4 Å². The third kappa shape index (κ3) is 4.81. The molecule has 2 amide bonds. The van der Waals surface area contributed by atoms with E-state index in [0.717, 1.165) is 5.56 Å². The molecule has 0 radical (unpaired) electrons. The van der Waals surface area contributed by atoms with E-state index in [1.54, 1.807) is 31.2 Å². The Morgan fingerprint density at radius 2 is 1.96 bits per heavy atom. The van der Waals surface area contributed by atoms with Gasteiger partial charge in [0.1, 0.15) is 5.82 Å². The zero-order chi connectivity index (χ0) is 17.5. The molecule has 2 aromatic carbocycles. The molecule has 0 atom stereocenters. The van der Waals surface area contributed by atoms with Crippen LogP contribution in [0.5, 0.6) is 0 Å². The molecule has 0 spiro atoms. The second-order valence-corrected chi connectivity index (χ2v) is 5.18. The van der Waals surface area contributed by atoms with Crippen LogP contribution >= 0.6 is 0 Å². The van der Waals surface area contributed by atoms with Crippen molar-refractivity contribution in [3.8, 4) is 0 Å². The minimum atomic E-state index is -0.447. The van der Waals surface area contributed by atoms with Crippen LogP contribution < -0.4 is 10.6 Å². The summed E-state index contributed by atoms with van der Waals surface area (Å²) in [5.41, 5.74) is 2.41. The lowest BCUT2D eigenvalue weighted by Gasteiger charge is -2.10. The van der Waals surface area contributed by atoms with Crippen LogP contribution in [0.4, 0.5) is 14.9 Å². The third-order valence-electron chi connectivity index (χ3n) is 3.38. The summed E-state index contributed by atoms with van der Waals surface area (Å²) in [7, 11) is 0. The zero-order valence-electron chi connectivity index (χ0n) is 13.6. The largest absolute Gasteiger partial charge is 0.462 e. The standard InChI is InChI=1S/C18H19FN2O3/c1-3-24-17(22)13-5-4-6-16(10-13)21-18(23)20-11-14-9-15(19)8-7-12(14)2/h4-10H,3,11H2,1-2H3,(H2,20,21,23). The number of ether oxygens (including phenoxy) is 1. The Labute approximate surface area is 139 Å². The van der Waals surface area contributed by atoms with Gasteiger partial charge in [-0.3, -0.25) is 0 Å². The molecule has 0 saturated heterocycles. The first-order valence-corrected chi connectivity index (χ1v) is 7.56. The normalized spacial score (nSPS) is 10.1. The maximum absolute atomic E-state index is 13.2. The van der Waals surface area contributed by atoms with Gasteiger partial charge in [-0.05, 0) is 55.3 Å². The number of nitrogens with one attached hydrogen (secondary N) is 2. The summed E-state index contributed by atoms with van der Waals surface area (Å²) in [5.74, 6) is -0.795. The van der Waals surface area contributed by atoms with Crippen LogP contribution in [-0.4, -0.2) is 18.6 Å². The van der Waals surface area contributed by atoms with Crippen molar-refractivity contribution in [2.24, 2.45) is 0 Å². The van der Waals surface area contributed by atoms with E-state index in [4.69, 9.17) is 4.74 Å². The quantitative estimate of drug-likeness (QED) is 0.823. The van der Waals surface area contributed by atoms with Gasteiger partial charge in [-0.15, -0.1) is 0 Å². The van der Waals surface area contributed by atoms with Crippen molar-refractivity contribution in [1.82, 2.24) is 5.32 Å². The van der Waals surface area contributed by atoms with Crippen molar-refractivity contribution in [3.05, 3.63) is 65.0 Å². The highest BCUT2D eigenvalue weighted by Gasteiger charge is 2.09. The van der Waals surface area contributed by atoms with Crippen LogP contribution in [0.2, 0.25) is 0 Å². The van der Waals surface area contributed by atoms with Crippen LogP contribution in [0.25, 0.3) is 0 Å². The van der Waals surface area contributed by atoms with Gasteiger partial charge in [0.05, 0.1) is 12.2 Å². The molecule has 0 fully saturated rings. The smallest absolute Gasteiger partial charge is 0.338 e. The average molecular weight is 330 g/mol. The van der Waals surface area contributed by atoms with Crippen molar-refractivity contribution >= 4 is 17.7 Å². The van der Waals surface area contributed by atoms with Crippen molar-refractivity contribution < 1.29 is 18.7 Å². The average Bonchev–Trinajstić information content (AvgIpc) is 2.56. The van der Waals surface area contributed by atoms with E-state index in [2.05, 4.69) is 10.6 Å². The van der Waals surface area contributed by atoms with E-state index in [-0.39, 0.29) is 19.0 Å². The number of urea groups is 1. The highest BCUT2D eigenvalue weighted by atomic mass is 19.1. The molecule has 24 heavy (non-hydrogen) atoms. The molecule has 6 heteroatoms. The molecular formula is C18H19FN2O3. The van der Waals surface area contributed by atoms with Gasteiger partial charge in [0.2, 0.25) is 0 Å². The molecule has 2 aromatic rings. The fourth-order valence-corrected chi connectivity index (χ4v) is 2.12. The first-order valence-electron chi connectivity index (χ1n) is 7.56. The number of hydrogen-bond acceptors (Lipinski definition) is 3. The van der Waals surface area contributed by atoms with Crippen LogP contribution in [0.3, 0.4) is 0 Å². The van der Waals surface area contributed by atoms with Gasteiger partial charge in [0, 0.05) is 12.2 Å². The minimum absolute atomic E-state index is 0.201. The van der Waals surface area contributed by atoms with Gasteiger partial charge in [-0.1, -0.05) is 12.1 Å². The maximum Gasteiger partial charge on any atom is 0.338 e. The molecule has 2 rings (SSSR count). The molecule has 0 unspecified atom stereocenters. The fourth-order valence-electron chi connectivity index (χ4n) is 2.12. The number of carbonyl (C=O) groups is 2. The summed E-state index contributed by atoms with van der Waals surface area (Å²) in [6, 6.07) is 10.4. The topological polar surface area (TPSA) is 67.4 Å². The molecular weight excluding hydrogens is 311 g/mol. The Morgan fingerprint density at radius 3 is 2.71 bits per heavy atom. The minimum Gasteiger partial charge on any atom is -0.462 e. The van der Waals surface area contributed by atoms with E-state index in [1.165, 1.54) is 18.2 Å². The number of carbonyl (C=O) groups excluding carboxylic acids is 2. The Balaban J connectivity index is 1.96. The van der Waals surface area contributed by atoms with E-state index in [1.807, 2.05) is 6.92 Å². The van der Waals surface area contributed by atoms with E-state index in [0.29, 0.717) is 16.8 Å². The number of anilines is 1. The second kappa shape index (κ2) is 8.10. The molecule has 126 valence electrons. The second-order valence-electron chi connectivity index (χ2n) is 5.18. The Kier molecular flexibility index (Phi) is 5.89. The number of aryl methyl sites for hydroxylation is 1. The molecule has 0 aliphatic rings. The fraction of sp³-hybridized carbons (Fsp3) is 0.222. The number of halogens is 1. The number of amides is 2. The SMILES string of the molecule is CCOC(=O)c1cccc(NC(=O)NCc2cc(F)ccc2C)c1. The third-order valence-corrected chi connectivity index (χ3v) is 3.38. The summed E-state index contributed by atoms with van der Waals surface area (Å²) in [6.07, 6.45) is 0. The molecule has 2 N–H and O–H groups in total. The summed E-state index contributed by atoms with van der Waals surface area (Å²) < 4.78 is 18.1. The van der Waals surface area contributed by atoms with E-state index < -0.39 is 12.0 Å². The molecule has 0 aliphatic carbocycles.